The first-order chi connectivity index (χ1) is 11.1. The van der Waals surface area contributed by atoms with E-state index in [0.29, 0.717) is 6.04 Å². The van der Waals surface area contributed by atoms with Crippen molar-refractivity contribution in [3.8, 4) is 5.69 Å². The van der Waals surface area contributed by atoms with Crippen LogP contribution in [0.3, 0.4) is 0 Å². The van der Waals surface area contributed by atoms with Crippen LogP contribution in [-0.4, -0.2) is 25.6 Å². The molecule has 120 valence electrons. The van der Waals surface area contributed by atoms with E-state index < -0.39 is 0 Å². The Morgan fingerprint density at radius 1 is 1.17 bits per heavy atom. The summed E-state index contributed by atoms with van der Waals surface area (Å²) in [6.45, 7) is 8.02. The summed E-state index contributed by atoms with van der Waals surface area (Å²) in [4.78, 5) is 0. The van der Waals surface area contributed by atoms with Crippen molar-refractivity contribution in [1.82, 2.24) is 24.9 Å². The Kier molecular flexibility index (Phi) is 4.57. The van der Waals surface area contributed by atoms with Gasteiger partial charge in [-0.05, 0) is 50.6 Å². The summed E-state index contributed by atoms with van der Waals surface area (Å²) in [5.74, 6) is 0. The molecular weight excluding hydrogens is 286 g/mol. The Morgan fingerprint density at radius 3 is 2.74 bits per heavy atom. The molecule has 0 bridgehead atoms. The molecular formula is C18H23N5. The maximum absolute atomic E-state index is 4.52. The van der Waals surface area contributed by atoms with Crippen molar-refractivity contribution in [1.29, 1.82) is 0 Å². The third-order valence-electron chi connectivity index (χ3n) is 3.88. The normalized spacial score (nSPS) is 12.5. The number of aryl methyl sites for hydroxylation is 2. The van der Waals surface area contributed by atoms with Crippen LogP contribution in [0.25, 0.3) is 5.69 Å². The minimum atomic E-state index is 0.348. The van der Waals surface area contributed by atoms with Crippen molar-refractivity contribution in [2.75, 3.05) is 0 Å². The van der Waals surface area contributed by atoms with E-state index in [2.05, 4.69) is 64.4 Å². The highest BCUT2D eigenvalue weighted by Crippen LogP contribution is 2.10. The fourth-order valence-corrected chi connectivity index (χ4v) is 2.71. The van der Waals surface area contributed by atoms with Gasteiger partial charge in [-0.1, -0.05) is 12.1 Å². The van der Waals surface area contributed by atoms with Crippen molar-refractivity contribution < 1.29 is 0 Å². The lowest BCUT2D eigenvalue weighted by Crippen LogP contribution is -2.30. The van der Waals surface area contributed by atoms with E-state index in [1.807, 2.05) is 23.9 Å². The summed E-state index contributed by atoms with van der Waals surface area (Å²) in [5, 5.41) is 12.4. The highest BCUT2D eigenvalue weighted by molar-refractivity contribution is 5.34. The highest BCUT2D eigenvalue weighted by atomic mass is 15.3. The second-order valence-corrected chi connectivity index (χ2v) is 6.01. The number of nitrogens with zero attached hydrogens (tertiary/aromatic N) is 4. The van der Waals surface area contributed by atoms with Gasteiger partial charge in [0.25, 0.3) is 0 Å². The van der Waals surface area contributed by atoms with E-state index in [9.17, 15) is 0 Å². The second kappa shape index (κ2) is 6.79. The fourth-order valence-electron chi connectivity index (χ4n) is 2.71. The maximum Gasteiger partial charge on any atom is 0.0648 e. The van der Waals surface area contributed by atoms with Crippen molar-refractivity contribution in [3.63, 3.8) is 0 Å². The monoisotopic (exact) mass is 309 g/mol. The largest absolute Gasteiger partial charge is 0.308 e. The molecule has 0 spiro atoms. The summed E-state index contributed by atoms with van der Waals surface area (Å²) in [5.41, 5.74) is 4.61. The predicted octanol–water partition coefficient (Wildman–Crippen LogP) is 2.86. The molecule has 3 rings (SSSR count). The van der Waals surface area contributed by atoms with Crippen molar-refractivity contribution in [3.05, 3.63) is 65.7 Å². The van der Waals surface area contributed by atoms with Gasteiger partial charge >= 0.3 is 0 Å². The first-order valence-electron chi connectivity index (χ1n) is 7.95. The van der Waals surface area contributed by atoms with Gasteiger partial charge in [-0.2, -0.15) is 10.2 Å². The molecule has 0 saturated heterocycles. The molecule has 0 saturated carbocycles. The van der Waals surface area contributed by atoms with E-state index >= 15 is 0 Å². The molecule has 1 N–H and O–H groups in total. The Bertz CT molecular complexity index is 758. The van der Waals surface area contributed by atoms with Gasteiger partial charge in [0, 0.05) is 30.7 Å². The van der Waals surface area contributed by atoms with Crippen LogP contribution in [0.15, 0.2) is 48.8 Å². The van der Waals surface area contributed by atoms with E-state index in [-0.39, 0.29) is 0 Å². The zero-order valence-corrected chi connectivity index (χ0v) is 13.9. The van der Waals surface area contributed by atoms with Crippen molar-refractivity contribution >= 4 is 0 Å². The topological polar surface area (TPSA) is 47.7 Å². The van der Waals surface area contributed by atoms with Crippen molar-refractivity contribution in [2.45, 2.75) is 39.9 Å². The summed E-state index contributed by atoms with van der Waals surface area (Å²) >= 11 is 0. The number of hydrogen-bond donors (Lipinski definition) is 1. The van der Waals surface area contributed by atoms with E-state index in [4.69, 9.17) is 0 Å². The lowest BCUT2D eigenvalue weighted by Gasteiger charge is -2.15. The molecule has 5 heteroatoms. The third kappa shape index (κ3) is 3.87. The standard InChI is InChI=1S/C18H23N5/c1-14-10-16(3)23(21-14)13-15(2)19-12-17-6-4-7-18(11-17)22-9-5-8-20-22/h4-11,15,19H,12-13H2,1-3H3. The number of hydrogen-bond acceptors (Lipinski definition) is 3. The van der Waals surface area contributed by atoms with Gasteiger partial charge in [0.2, 0.25) is 0 Å². The number of rotatable bonds is 6. The molecule has 3 aromatic rings. The molecule has 2 heterocycles. The van der Waals surface area contributed by atoms with Gasteiger partial charge in [0.1, 0.15) is 0 Å². The molecule has 0 amide bonds. The van der Waals surface area contributed by atoms with Crippen LogP contribution in [0.5, 0.6) is 0 Å². The van der Waals surface area contributed by atoms with Crippen LogP contribution in [0.2, 0.25) is 0 Å². The molecule has 1 unspecified atom stereocenters. The van der Waals surface area contributed by atoms with Gasteiger partial charge < -0.3 is 5.32 Å². The molecule has 0 aliphatic heterocycles. The van der Waals surface area contributed by atoms with E-state index in [0.717, 1.165) is 24.5 Å². The summed E-state index contributed by atoms with van der Waals surface area (Å²) in [6, 6.07) is 12.8. The quantitative estimate of drug-likeness (QED) is 0.761. The average molecular weight is 309 g/mol. The van der Waals surface area contributed by atoms with Crippen LogP contribution in [0.1, 0.15) is 23.9 Å². The fraction of sp³-hybridized carbons (Fsp3) is 0.333. The van der Waals surface area contributed by atoms with E-state index in [1.54, 1.807) is 6.20 Å². The number of nitrogens with one attached hydrogen (secondary N) is 1. The smallest absolute Gasteiger partial charge is 0.0648 e. The van der Waals surface area contributed by atoms with Gasteiger partial charge in [-0.15, -0.1) is 0 Å². The Morgan fingerprint density at radius 2 is 2.04 bits per heavy atom. The molecule has 1 aromatic carbocycles. The van der Waals surface area contributed by atoms with Gasteiger partial charge in [0.15, 0.2) is 0 Å². The summed E-state index contributed by atoms with van der Waals surface area (Å²) in [6.07, 6.45) is 3.75. The Balaban J connectivity index is 1.60. The molecule has 5 nitrogen and oxygen atoms in total. The van der Waals surface area contributed by atoms with Crippen molar-refractivity contribution in [2.24, 2.45) is 0 Å². The minimum absolute atomic E-state index is 0.348. The molecule has 0 fully saturated rings. The average Bonchev–Trinajstić information content (AvgIpc) is 3.16. The predicted molar refractivity (Wildman–Crippen MR) is 91.6 cm³/mol. The highest BCUT2D eigenvalue weighted by Gasteiger charge is 2.07. The van der Waals surface area contributed by atoms with Crippen LogP contribution >= 0.6 is 0 Å². The number of benzene rings is 1. The minimum Gasteiger partial charge on any atom is -0.308 e. The van der Waals surface area contributed by atoms with Crippen LogP contribution < -0.4 is 5.32 Å². The maximum atomic E-state index is 4.52. The lowest BCUT2D eigenvalue weighted by atomic mass is 10.2. The first kappa shape index (κ1) is 15.5. The van der Waals surface area contributed by atoms with Gasteiger partial charge in [-0.3, -0.25) is 4.68 Å². The van der Waals surface area contributed by atoms with Crippen LogP contribution in [0.4, 0.5) is 0 Å². The Labute approximate surface area is 136 Å². The molecule has 1 atom stereocenters. The lowest BCUT2D eigenvalue weighted by molar-refractivity contribution is 0.444. The van der Waals surface area contributed by atoms with Gasteiger partial charge in [0.05, 0.1) is 17.9 Å². The molecule has 2 aromatic heterocycles. The Hall–Kier alpha value is -2.40. The molecule has 0 radical (unpaired) electrons. The molecule has 0 aliphatic carbocycles. The first-order valence-corrected chi connectivity index (χ1v) is 7.95. The van der Waals surface area contributed by atoms with Gasteiger partial charge in [-0.25, -0.2) is 4.68 Å². The molecule has 0 aliphatic rings. The number of aromatic nitrogens is 4. The second-order valence-electron chi connectivity index (χ2n) is 6.01. The SMILES string of the molecule is Cc1cc(C)n(CC(C)NCc2cccc(-n3cccn3)c2)n1. The van der Waals surface area contributed by atoms with Crippen LogP contribution in [0, 0.1) is 13.8 Å². The summed E-state index contributed by atoms with van der Waals surface area (Å²) in [7, 11) is 0. The van der Waals surface area contributed by atoms with E-state index in [1.165, 1.54) is 11.3 Å². The molecule has 23 heavy (non-hydrogen) atoms. The third-order valence-corrected chi connectivity index (χ3v) is 3.88. The zero-order chi connectivity index (χ0) is 16.2. The summed E-state index contributed by atoms with van der Waals surface area (Å²) < 4.78 is 3.94. The zero-order valence-electron chi connectivity index (χ0n) is 13.9. The van der Waals surface area contributed by atoms with Crippen LogP contribution in [-0.2, 0) is 13.1 Å².